The number of anilines is 2. The molecule has 0 aliphatic carbocycles. The molecule has 0 bridgehead atoms. The van der Waals surface area contributed by atoms with Crippen LogP contribution in [0.4, 0.5) is 17.1 Å². The second kappa shape index (κ2) is 9.27. The maximum atomic E-state index is 13.2. The molecule has 0 fully saturated rings. The first-order valence-corrected chi connectivity index (χ1v) is 12.3. The summed E-state index contributed by atoms with van der Waals surface area (Å²) in [6, 6.07) is 5.07. The molecule has 11 nitrogen and oxygen atoms in total. The van der Waals surface area contributed by atoms with Crippen LogP contribution in [-0.4, -0.2) is 32.3 Å². The number of nitro benzene ring substituents is 1. The normalized spacial score (nSPS) is 13.3. The van der Waals surface area contributed by atoms with E-state index in [9.17, 15) is 23.1 Å². The first-order chi connectivity index (χ1) is 14.0. The molecule has 0 spiro atoms. The third kappa shape index (κ3) is 4.73. The number of nitro groups is 1. The van der Waals surface area contributed by atoms with E-state index in [4.69, 9.17) is 19.9 Å². The molecule has 2 rings (SSSR count). The number of non-ortho nitro benzene ring substituents is 1. The fourth-order valence-electron chi connectivity index (χ4n) is 3.14. The molecule has 0 radical (unpaired) electrons. The molecular formula is C17H25N4O7PS. The highest BCUT2D eigenvalue weighted by atomic mass is 32.2. The number of rotatable bonds is 10. The molecule has 0 aliphatic rings. The van der Waals surface area contributed by atoms with Crippen molar-refractivity contribution in [1.29, 1.82) is 0 Å². The first-order valence-electron chi connectivity index (χ1n) is 9.17. The SMILES string of the molecule is CCOP(=O)(OCC)C(CC)Nc1c(N)cc([N+](=O)[O-])c2c(S(N)(=O)=O)cccc12. The average Bonchev–Trinajstić information content (AvgIpc) is 2.65. The zero-order valence-electron chi connectivity index (χ0n) is 16.8. The topological polar surface area (TPSA) is 177 Å². The number of fused-ring (bicyclic) bond motifs is 1. The highest BCUT2D eigenvalue weighted by Gasteiger charge is 2.35. The standard InChI is InChI=1S/C17H25N4O7PS/c1-4-15(29(24,27-5-2)28-6-3)20-17-11-8-7-9-14(30(19,25)26)16(11)13(21(22)23)10-12(17)18/h7-10,15,20H,4-6,18H2,1-3H3,(H2,19,25,26). The number of nitrogens with one attached hydrogen (secondary N) is 1. The lowest BCUT2D eigenvalue weighted by atomic mass is 10.0. The van der Waals surface area contributed by atoms with Gasteiger partial charge >= 0.3 is 7.60 Å². The summed E-state index contributed by atoms with van der Waals surface area (Å²) < 4.78 is 48.1. The highest BCUT2D eigenvalue weighted by molar-refractivity contribution is 7.89. The Kier molecular flexibility index (Phi) is 7.43. The summed E-state index contributed by atoms with van der Waals surface area (Å²) >= 11 is 0. The second-order valence-electron chi connectivity index (χ2n) is 6.28. The van der Waals surface area contributed by atoms with Gasteiger partial charge in [0, 0.05) is 11.5 Å². The van der Waals surface area contributed by atoms with E-state index in [1.54, 1.807) is 20.8 Å². The van der Waals surface area contributed by atoms with Crippen molar-refractivity contribution in [2.24, 2.45) is 5.14 Å². The Hall–Kier alpha value is -2.24. The summed E-state index contributed by atoms with van der Waals surface area (Å²) in [4.78, 5) is 10.4. The molecule has 166 valence electrons. The van der Waals surface area contributed by atoms with Gasteiger partial charge in [0.1, 0.15) is 5.78 Å². The smallest absolute Gasteiger partial charge is 0.352 e. The Morgan fingerprint density at radius 3 is 2.30 bits per heavy atom. The molecule has 0 aliphatic heterocycles. The lowest BCUT2D eigenvalue weighted by Gasteiger charge is -2.28. The quantitative estimate of drug-likeness (QED) is 0.207. The predicted octanol–water partition coefficient (Wildman–Crippen LogP) is 3.39. The summed E-state index contributed by atoms with van der Waals surface area (Å²) in [5.74, 6) is -0.831. The van der Waals surface area contributed by atoms with Gasteiger partial charge in [-0.15, -0.1) is 0 Å². The third-order valence-electron chi connectivity index (χ3n) is 4.33. The number of sulfonamides is 1. The Morgan fingerprint density at radius 1 is 1.23 bits per heavy atom. The molecule has 0 amide bonds. The van der Waals surface area contributed by atoms with Crippen LogP contribution in [0.15, 0.2) is 29.2 Å². The molecule has 0 saturated carbocycles. The second-order valence-corrected chi connectivity index (χ2v) is 10.0. The van der Waals surface area contributed by atoms with E-state index >= 15 is 0 Å². The fourth-order valence-corrected chi connectivity index (χ4v) is 5.80. The van der Waals surface area contributed by atoms with E-state index in [-0.39, 0.29) is 35.4 Å². The number of nitrogen functional groups attached to an aromatic ring is 1. The summed E-state index contributed by atoms with van der Waals surface area (Å²) in [5.41, 5.74) is 5.69. The molecule has 30 heavy (non-hydrogen) atoms. The van der Waals surface area contributed by atoms with Gasteiger partial charge in [-0.25, -0.2) is 13.6 Å². The Morgan fingerprint density at radius 2 is 1.83 bits per heavy atom. The first kappa shape index (κ1) is 24.0. The van der Waals surface area contributed by atoms with Gasteiger partial charge in [0.2, 0.25) is 10.0 Å². The van der Waals surface area contributed by atoms with Gasteiger partial charge in [0.15, 0.2) is 0 Å². The van der Waals surface area contributed by atoms with Crippen molar-refractivity contribution in [1.82, 2.24) is 0 Å². The predicted molar refractivity (Wildman–Crippen MR) is 115 cm³/mol. The van der Waals surface area contributed by atoms with Crippen molar-refractivity contribution in [3.8, 4) is 0 Å². The number of nitrogens with two attached hydrogens (primary N) is 2. The number of benzene rings is 2. The van der Waals surface area contributed by atoms with E-state index in [1.807, 2.05) is 0 Å². The average molecular weight is 460 g/mol. The molecule has 1 atom stereocenters. The van der Waals surface area contributed by atoms with Crippen LogP contribution in [0, 0.1) is 10.1 Å². The van der Waals surface area contributed by atoms with E-state index in [0.29, 0.717) is 6.42 Å². The molecule has 0 heterocycles. The minimum Gasteiger partial charge on any atom is -0.397 e. The van der Waals surface area contributed by atoms with Crippen LogP contribution in [-0.2, 0) is 23.6 Å². The highest BCUT2D eigenvalue weighted by Crippen LogP contribution is 2.55. The van der Waals surface area contributed by atoms with Gasteiger partial charge in [0.25, 0.3) is 5.69 Å². The lowest BCUT2D eigenvalue weighted by molar-refractivity contribution is -0.383. The van der Waals surface area contributed by atoms with E-state index in [0.717, 1.165) is 6.07 Å². The van der Waals surface area contributed by atoms with E-state index in [2.05, 4.69) is 5.32 Å². The molecule has 13 heteroatoms. The molecule has 2 aromatic carbocycles. The largest absolute Gasteiger partial charge is 0.397 e. The molecule has 0 aromatic heterocycles. The van der Waals surface area contributed by atoms with Crippen molar-refractivity contribution < 1.29 is 27.0 Å². The van der Waals surface area contributed by atoms with Crippen LogP contribution in [0.25, 0.3) is 10.8 Å². The molecular weight excluding hydrogens is 435 g/mol. The van der Waals surface area contributed by atoms with Crippen LogP contribution < -0.4 is 16.2 Å². The van der Waals surface area contributed by atoms with E-state index in [1.165, 1.54) is 18.2 Å². The van der Waals surface area contributed by atoms with Gasteiger partial charge in [-0.1, -0.05) is 19.1 Å². The zero-order chi connectivity index (χ0) is 22.7. The van der Waals surface area contributed by atoms with Crippen molar-refractivity contribution in [2.45, 2.75) is 37.9 Å². The number of primary sulfonamides is 1. The lowest BCUT2D eigenvalue weighted by Crippen LogP contribution is -2.23. The molecule has 2 aromatic rings. The fraction of sp³-hybridized carbons (Fsp3) is 0.412. The summed E-state index contributed by atoms with van der Waals surface area (Å²) in [6.07, 6.45) is 0.310. The van der Waals surface area contributed by atoms with Gasteiger partial charge in [-0.2, -0.15) is 0 Å². The number of hydrogen-bond donors (Lipinski definition) is 3. The van der Waals surface area contributed by atoms with Crippen LogP contribution >= 0.6 is 7.60 Å². The monoisotopic (exact) mass is 460 g/mol. The summed E-state index contributed by atoms with van der Waals surface area (Å²) in [6.45, 7) is 5.38. The van der Waals surface area contributed by atoms with Crippen molar-refractivity contribution in [3.05, 3.63) is 34.4 Å². The number of hydrogen-bond acceptors (Lipinski definition) is 9. The summed E-state index contributed by atoms with van der Waals surface area (Å²) in [7, 11) is -7.88. The third-order valence-corrected chi connectivity index (χ3v) is 7.78. The Bertz CT molecular complexity index is 1100. The van der Waals surface area contributed by atoms with Gasteiger partial charge in [0.05, 0.1) is 39.8 Å². The van der Waals surface area contributed by atoms with Gasteiger partial charge in [-0.3, -0.25) is 14.7 Å². The van der Waals surface area contributed by atoms with Gasteiger partial charge in [-0.05, 0) is 26.3 Å². The minimum absolute atomic E-state index is 0.0289. The Balaban J connectivity index is 2.79. The van der Waals surface area contributed by atoms with Crippen molar-refractivity contribution in [2.75, 3.05) is 24.3 Å². The zero-order valence-corrected chi connectivity index (χ0v) is 18.5. The van der Waals surface area contributed by atoms with Crippen LogP contribution in [0.2, 0.25) is 0 Å². The van der Waals surface area contributed by atoms with Crippen LogP contribution in [0.1, 0.15) is 27.2 Å². The van der Waals surface area contributed by atoms with E-state index < -0.39 is 38.9 Å². The molecule has 0 saturated heterocycles. The van der Waals surface area contributed by atoms with Gasteiger partial charge < -0.3 is 20.1 Å². The minimum atomic E-state index is -4.27. The molecule has 5 N–H and O–H groups in total. The maximum Gasteiger partial charge on any atom is 0.352 e. The molecule has 1 unspecified atom stereocenters. The van der Waals surface area contributed by atoms with Crippen molar-refractivity contribution in [3.63, 3.8) is 0 Å². The van der Waals surface area contributed by atoms with Crippen molar-refractivity contribution >= 4 is 45.5 Å². The summed E-state index contributed by atoms with van der Waals surface area (Å²) in [5, 5.41) is 19.8. The maximum absolute atomic E-state index is 13.2. The Labute approximate surface area is 174 Å². The van der Waals surface area contributed by atoms with Crippen LogP contribution in [0.3, 0.4) is 0 Å². The number of nitrogens with zero attached hydrogens (tertiary/aromatic N) is 1. The van der Waals surface area contributed by atoms with Crippen LogP contribution in [0.5, 0.6) is 0 Å².